The number of ether oxygens (including phenoxy) is 4. The molecule has 1 aliphatic carbocycles. The summed E-state index contributed by atoms with van der Waals surface area (Å²) in [4.78, 5) is 28.8. The van der Waals surface area contributed by atoms with Crippen LogP contribution in [0.3, 0.4) is 0 Å². The van der Waals surface area contributed by atoms with Gasteiger partial charge in [0.15, 0.2) is 17.3 Å². The summed E-state index contributed by atoms with van der Waals surface area (Å²) in [5.74, 6) is 2.28. The molecule has 0 bridgehead atoms. The average molecular weight is 574 g/mol. The molecule has 2 aliphatic heterocycles. The van der Waals surface area contributed by atoms with Crippen molar-refractivity contribution in [2.24, 2.45) is 0 Å². The number of alkyl carbamates (subject to hydrolysis) is 1. The molecule has 0 radical (unpaired) electrons. The number of carbonyl (C=O) groups excluding carboxylic acids is 2. The van der Waals surface area contributed by atoms with Crippen LogP contribution in [-0.2, 0) is 14.3 Å². The number of allylic oxidation sites excluding steroid dienone is 3. The number of methoxy groups -OCH3 is 1. The molecule has 1 saturated heterocycles. The third-order valence-electron chi connectivity index (χ3n) is 7.57. The fourth-order valence-corrected chi connectivity index (χ4v) is 5.13. The Labute approximate surface area is 247 Å². The Morgan fingerprint density at radius 2 is 1.88 bits per heavy atom. The van der Waals surface area contributed by atoms with Crippen LogP contribution in [-0.4, -0.2) is 69.4 Å². The maximum atomic E-state index is 13.2. The van der Waals surface area contributed by atoms with Gasteiger partial charge in [-0.3, -0.25) is 9.69 Å². The van der Waals surface area contributed by atoms with E-state index in [0.717, 1.165) is 38.9 Å². The van der Waals surface area contributed by atoms with Crippen LogP contribution in [0.5, 0.6) is 11.5 Å². The van der Waals surface area contributed by atoms with Crippen LogP contribution in [0.1, 0.15) is 37.7 Å². The minimum Gasteiger partial charge on any atom is -0.493 e. The molecule has 222 valence electrons. The highest BCUT2D eigenvalue weighted by atomic mass is 16.5. The van der Waals surface area contributed by atoms with Gasteiger partial charge in [-0.1, -0.05) is 49.8 Å². The highest BCUT2D eigenvalue weighted by molar-refractivity contribution is 6.07. The van der Waals surface area contributed by atoms with Crippen LogP contribution in [0, 0.1) is 0 Å². The Morgan fingerprint density at radius 3 is 2.62 bits per heavy atom. The molecule has 9 nitrogen and oxygen atoms in total. The van der Waals surface area contributed by atoms with Gasteiger partial charge < -0.3 is 29.2 Å². The number of hydrogen-bond donors (Lipinski definition) is 1. The van der Waals surface area contributed by atoms with E-state index in [2.05, 4.69) is 35.3 Å². The quantitative estimate of drug-likeness (QED) is 0.331. The topological polar surface area (TPSA) is 89.6 Å². The normalized spacial score (nSPS) is 18.7. The summed E-state index contributed by atoms with van der Waals surface area (Å²) in [6.45, 7) is 5.64. The largest absolute Gasteiger partial charge is 0.493 e. The number of unbranched alkanes of at least 4 members (excludes halogenated alkanes) is 1. The van der Waals surface area contributed by atoms with Crippen molar-refractivity contribution >= 4 is 17.7 Å². The molecule has 2 amide bonds. The molecule has 0 saturated carbocycles. The number of amides is 2. The second-order valence-electron chi connectivity index (χ2n) is 10.6. The molecule has 1 N–H and O–H groups in total. The second kappa shape index (κ2) is 14.1. The smallest absolute Gasteiger partial charge is 0.407 e. The molecule has 0 spiro atoms. The number of anilines is 1. The van der Waals surface area contributed by atoms with E-state index in [0.29, 0.717) is 54.4 Å². The number of rotatable bonds is 13. The highest BCUT2D eigenvalue weighted by Gasteiger charge is 2.30. The Morgan fingerprint density at radius 1 is 1.05 bits per heavy atom. The third kappa shape index (κ3) is 7.33. The average Bonchev–Trinajstić information content (AvgIpc) is 3.36. The Balaban J connectivity index is 1.06. The molecule has 1 fully saturated rings. The molecule has 2 aromatic rings. The Hall–Kier alpha value is -4.24. The van der Waals surface area contributed by atoms with Gasteiger partial charge in [0.25, 0.3) is 5.91 Å². The van der Waals surface area contributed by atoms with Crippen molar-refractivity contribution in [3.05, 3.63) is 89.9 Å². The lowest BCUT2D eigenvalue weighted by Gasteiger charge is -2.39. The highest BCUT2D eigenvalue weighted by Crippen LogP contribution is 2.34. The van der Waals surface area contributed by atoms with Crippen molar-refractivity contribution in [2.45, 2.75) is 38.1 Å². The van der Waals surface area contributed by atoms with Gasteiger partial charge >= 0.3 is 6.09 Å². The Kier molecular flexibility index (Phi) is 9.82. The first-order chi connectivity index (χ1) is 20.5. The van der Waals surface area contributed by atoms with E-state index in [1.54, 1.807) is 18.1 Å². The molecule has 2 aromatic carbocycles. The summed E-state index contributed by atoms with van der Waals surface area (Å²) in [6.07, 6.45) is 10.2. The van der Waals surface area contributed by atoms with E-state index in [4.69, 9.17) is 18.9 Å². The minimum absolute atomic E-state index is 0.102. The van der Waals surface area contributed by atoms with Gasteiger partial charge in [0.05, 0.1) is 19.8 Å². The molecule has 42 heavy (non-hydrogen) atoms. The fourth-order valence-electron chi connectivity index (χ4n) is 5.13. The molecule has 1 unspecified atom stereocenters. The van der Waals surface area contributed by atoms with Crippen LogP contribution >= 0.6 is 0 Å². The van der Waals surface area contributed by atoms with E-state index in [9.17, 15) is 9.59 Å². The molecule has 5 rings (SSSR count). The van der Waals surface area contributed by atoms with Gasteiger partial charge in [-0.25, -0.2) is 4.79 Å². The van der Waals surface area contributed by atoms with Crippen molar-refractivity contribution in [1.82, 2.24) is 10.2 Å². The summed E-state index contributed by atoms with van der Waals surface area (Å²) < 4.78 is 22.7. The summed E-state index contributed by atoms with van der Waals surface area (Å²) in [7, 11) is 1.58. The Bertz CT molecular complexity index is 1330. The predicted octanol–water partition coefficient (Wildman–Crippen LogP) is 5.16. The van der Waals surface area contributed by atoms with Crippen molar-refractivity contribution < 1.29 is 28.5 Å². The second-order valence-corrected chi connectivity index (χ2v) is 10.6. The van der Waals surface area contributed by atoms with Gasteiger partial charge in [0.1, 0.15) is 12.4 Å². The van der Waals surface area contributed by atoms with Crippen LogP contribution in [0.15, 0.2) is 84.4 Å². The van der Waals surface area contributed by atoms with E-state index < -0.39 is 0 Å². The van der Waals surface area contributed by atoms with Crippen LogP contribution in [0.4, 0.5) is 10.5 Å². The standard InChI is InChI=1S/C33H39N3O6/c1-3-4-19-41-33(38)34-26-22-35(23-26)18-20-40-29-15-12-27(21-31(29)39-2)36-17-16-30(32(36)37)42-28-13-10-25(11-14-28)24-8-6-5-7-9-24/h5-10,12-16,21,25-26H,3-4,11,17-20,22-23H2,1-2H3,(H,34,38). The molecular weight excluding hydrogens is 534 g/mol. The monoisotopic (exact) mass is 573 g/mol. The number of hydrogen-bond acceptors (Lipinski definition) is 7. The third-order valence-corrected chi connectivity index (χ3v) is 7.57. The van der Waals surface area contributed by atoms with Crippen LogP contribution < -0.4 is 19.7 Å². The summed E-state index contributed by atoms with van der Waals surface area (Å²) >= 11 is 0. The number of likely N-dealkylation sites (tertiary alicyclic amines) is 1. The van der Waals surface area contributed by atoms with Crippen molar-refractivity contribution in [2.75, 3.05) is 51.4 Å². The van der Waals surface area contributed by atoms with Crippen molar-refractivity contribution in [3.63, 3.8) is 0 Å². The van der Waals surface area contributed by atoms with E-state index in [1.807, 2.05) is 48.6 Å². The zero-order valence-electron chi connectivity index (χ0n) is 24.3. The number of carbonyl (C=O) groups is 2. The lowest BCUT2D eigenvalue weighted by molar-refractivity contribution is -0.117. The van der Waals surface area contributed by atoms with Gasteiger partial charge in [-0.05, 0) is 48.8 Å². The SMILES string of the molecule is CCCCOC(=O)NC1CN(CCOc2ccc(N3CC=C(OC4=CCC(c5ccccc5)C=C4)C3=O)cc2OC)C1. The van der Waals surface area contributed by atoms with E-state index in [-0.39, 0.29) is 18.0 Å². The number of benzene rings is 2. The molecule has 9 heteroatoms. The van der Waals surface area contributed by atoms with Gasteiger partial charge in [0.2, 0.25) is 0 Å². The summed E-state index contributed by atoms with van der Waals surface area (Å²) in [5.41, 5.74) is 1.97. The lowest BCUT2D eigenvalue weighted by atomic mass is 9.92. The van der Waals surface area contributed by atoms with Crippen LogP contribution in [0.25, 0.3) is 0 Å². The summed E-state index contributed by atoms with van der Waals surface area (Å²) in [5, 5.41) is 2.89. The van der Waals surface area contributed by atoms with E-state index in [1.165, 1.54) is 5.56 Å². The first kappa shape index (κ1) is 29.3. The molecule has 2 heterocycles. The zero-order valence-corrected chi connectivity index (χ0v) is 24.3. The number of nitrogens with zero attached hydrogens (tertiary/aromatic N) is 2. The van der Waals surface area contributed by atoms with Gasteiger partial charge in [0, 0.05) is 43.9 Å². The molecule has 1 atom stereocenters. The van der Waals surface area contributed by atoms with Crippen molar-refractivity contribution in [1.29, 1.82) is 0 Å². The van der Waals surface area contributed by atoms with Crippen molar-refractivity contribution in [3.8, 4) is 11.5 Å². The predicted molar refractivity (Wildman–Crippen MR) is 161 cm³/mol. The van der Waals surface area contributed by atoms with Gasteiger partial charge in [-0.2, -0.15) is 0 Å². The minimum atomic E-state index is -0.348. The molecule has 0 aromatic heterocycles. The van der Waals surface area contributed by atoms with Crippen LogP contribution in [0.2, 0.25) is 0 Å². The van der Waals surface area contributed by atoms with E-state index >= 15 is 0 Å². The molecule has 3 aliphatic rings. The first-order valence-electron chi connectivity index (χ1n) is 14.6. The number of nitrogens with one attached hydrogen (secondary N) is 1. The maximum Gasteiger partial charge on any atom is 0.407 e. The maximum absolute atomic E-state index is 13.2. The molecular formula is C33H39N3O6. The van der Waals surface area contributed by atoms with Gasteiger partial charge in [-0.15, -0.1) is 0 Å². The summed E-state index contributed by atoms with van der Waals surface area (Å²) in [6, 6.07) is 15.9. The first-order valence-corrected chi connectivity index (χ1v) is 14.6. The fraction of sp³-hybridized carbons (Fsp3) is 0.394. The zero-order chi connectivity index (χ0) is 29.3. The lowest BCUT2D eigenvalue weighted by Crippen LogP contribution is -2.59.